The van der Waals surface area contributed by atoms with E-state index in [2.05, 4.69) is 0 Å². The number of furan rings is 1. The molecule has 0 unspecified atom stereocenters. The molecule has 1 atom stereocenters. The van der Waals surface area contributed by atoms with E-state index >= 15 is 0 Å². The van der Waals surface area contributed by atoms with Crippen molar-refractivity contribution in [3.63, 3.8) is 0 Å². The van der Waals surface area contributed by atoms with E-state index in [0.29, 0.717) is 31.0 Å². The lowest BCUT2D eigenvalue weighted by molar-refractivity contribution is -0.136. The van der Waals surface area contributed by atoms with Gasteiger partial charge < -0.3 is 19.0 Å². The van der Waals surface area contributed by atoms with Crippen molar-refractivity contribution >= 4 is 11.8 Å². The highest BCUT2D eigenvalue weighted by atomic mass is 19.1. The zero-order valence-corrected chi connectivity index (χ0v) is 20.6. The monoisotopic (exact) mass is 478 g/mol. The Balaban J connectivity index is 1.60. The Morgan fingerprint density at radius 3 is 2.69 bits per heavy atom. The van der Waals surface area contributed by atoms with Crippen molar-refractivity contribution in [1.82, 2.24) is 9.80 Å². The number of hydrogen-bond acceptors (Lipinski definition) is 4. The second-order valence-corrected chi connectivity index (χ2v) is 9.13. The molecule has 2 aromatic carbocycles. The maximum atomic E-state index is 14.1. The van der Waals surface area contributed by atoms with Crippen LogP contribution in [0, 0.1) is 11.7 Å². The van der Waals surface area contributed by atoms with Crippen molar-refractivity contribution in [2.75, 3.05) is 20.1 Å². The van der Waals surface area contributed by atoms with Gasteiger partial charge in [0, 0.05) is 26.1 Å². The van der Waals surface area contributed by atoms with Gasteiger partial charge in [-0.15, -0.1) is 0 Å². The summed E-state index contributed by atoms with van der Waals surface area (Å²) in [6.07, 6.45) is 0.717. The minimum absolute atomic E-state index is 0.0288. The first-order chi connectivity index (χ1) is 16.8. The molecule has 0 aliphatic carbocycles. The fourth-order valence-electron chi connectivity index (χ4n) is 4.34. The summed E-state index contributed by atoms with van der Waals surface area (Å²) in [6.45, 7) is 6.96. The molecule has 0 radical (unpaired) electrons. The van der Waals surface area contributed by atoms with Crippen LogP contribution in [-0.4, -0.2) is 41.8 Å². The highest BCUT2D eigenvalue weighted by molar-refractivity contribution is 5.91. The minimum atomic E-state index is -0.398. The quantitative estimate of drug-likeness (QED) is 0.467. The van der Waals surface area contributed by atoms with Gasteiger partial charge in [0.15, 0.2) is 5.76 Å². The van der Waals surface area contributed by atoms with Crippen LogP contribution in [0.15, 0.2) is 59.0 Å². The Hall–Kier alpha value is -3.61. The van der Waals surface area contributed by atoms with Gasteiger partial charge in [-0.2, -0.15) is 0 Å². The smallest absolute Gasteiger partial charge is 0.289 e. The number of fused-ring (bicyclic) bond motifs is 1. The summed E-state index contributed by atoms with van der Waals surface area (Å²) >= 11 is 0. The van der Waals surface area contributed by atoms with Crippen LogP contribution in [0.4, 0.5) is 4.39 Å². The first-order valence-corrected chi connectivity index (χ1v) is 11.9. The van der Waals surface area contributed by atoms with Crippen LogP contribution >= 0.6 is 0 Å². The predicted octanol–water partition coefficient (Wildman–Crippen LogP) is 5.22. The second kappa shape index (κ2) is 10.3. The summed E-state index contributed by atoms with van der Waals surface area (Å²) in [7, 11) is 1.72. The summed E-state index contributed by atoms with van der Waals surface area (Å²) in [5, 5.41) is 0. The summed E-state index contributed by atoms with van der Waals surface area (Å²) in [5.74, 6) is 0.757. The SMILES string of the molecule is CCN(C)C(=O)c1ccc(COc2ccc3c(c2)[C@@H](c2cccc(F)c2)N(C(=O)C(C)C)CC3)o1. The van der Waals surface area contributed by atoms with E-state index in [1.165, 1.54) is 12.1 Å². The standard InChI is InChI=1S/C28H31FN2O4/c1-5-30(4)28(33)25-12-11-23(35-25)17-34-22-10-9-19-13-14-31(27(32)18(2)3)26(24(19)16-22)20-7-6-8-21(29)15-20/h6-12,15-16,18,26H,5,13-14,17H2,1-4H3/t26-/m1/s1. The molecule has 1 aliphatic rings. The Kier molecular flexibility index (Phi) is 7.24. The molecule has 3 aromatic rings. The highest BCUT2D eigenvalue weighted by Gasteiger charge is 2.33. The van der Waals surface area contributed by atoms with Crippen molar-refractivity contribution in [3.8, 4) is 5.75 Å². The van der Waals surface area contributed by atoms with Gasteiger partial charge >= 0.3 is 0 Å². The fraction of sp³-hybridized carbons (Fsp3) is 0.357. The number of hydrogen-bond donors (Lipinski definition) is 0. The lowest BCUT2D eigenvalue weighted by atomic mass is 9.87. The number of carbonyl (C=O) groups excluding carboxylic acids is 2. The fourth-order valence-corrected chi connectivity index (χ4v) is 4.34. The summed E-state index contributed by atoms with van der Waals surface area (Å²) in [5.41, 5.74) is 2.76. The zero-order valence-electron chi connectivity index (χ0n) is 20.6. The number of rotatable bonds is 7. The maximum Gasteiger partial charge on any atom is 0.289 e. The van der Waals surface area contributed by atoms with Crippen LogP contribution in [0.3, 0.4) is 0 Å². The molecule has 2 heterocycles. The number of nitrogens with zero attached hydrogens (tertiary/aromatic N) is 2. The topological polar surface area (TPSA) is 63.0 Å². The molecule has 2 amide bonds. The van der Waals surface area contributed by atoms with Crippen molar-refractivity contribution < 1.29 is 23.1 Å². The van der Waals surface area contributed by atoms with Crippen LogP contribution in [0.25, 0.3) is 0 Å². The van der Waals surface area contributed by atoms with Gasteiger partial charge in [-0.05, 0) is 66.4 Å². The molecule has 1 aliphatic heterocycles. The number of amides is 2. The third kappa shape index (κ3) is 5.24. The molecular weight excluding hydrogens is 447 g/mol. The number of benzene rings is 2. The Bertz CT molecular complexity index is 1220. The van der Waals surface area contributed by atoms with E-state index in [1.54, 1.807) is 30.1 Å². The van der Waals surface area contributed by atoms with Crippen LogP contribution < -0.4 is 4.74 Å². The van der Waals surface area contributed by atoms with Crippen LogP contribution in [0.5, 0.6) is 5.75 Å². The van der Waals surface area contributed by atoms with E-state index in [4.69, 9.17) is 9.15 Å². The molecule has 7 heteroatoms. The third-order valence-electron chi connectivity index (χ3n) is 6.36. The van der Waals surface area contributed by atoms with Crippen molar-refractivity contribution in [3.05, 3.63) is 88.6 Å². The van der Waals surface area contributed by atoms with Gasteiger partial charge in [-0.25, -0.2) is 4.39 Å². The van der Waals surface area contributed by atoms with Crippen LogP contribution in [0.1, 0.15) is 59.8 Å². The number of halogens is 1. The number of carbonyl (C=O) groups is 2. The minimum Gasteiger partial charge on any atom is -0.486 e. The molecule has 0 saturated heterocycles. The van der Waals surface area contributed by atoms with Gasteiger partial charge in [0.05, 0.1) is 6.04 Å². The molecule has 0 N–H and O–H groups in total. The predicted molar refractivity (Wildman–Crippen MR) is 131 cm³/mol. The maximum absolute atomic E-state index is 14.1. The summed E-state index contributed by atoms with van der Waals surface area (Å²) < 4.78 is 25.8. The van der Waals surface area contributed by atoms with E-state index < -0.39 is 6.04 Å². The van der Waals surface area contributed by atoms with Crippen molar-refractivity contribution in [1.29, 1.82) is 0 Å². The molecule has 1 aromatic heterocycles. The van der Waals surface area contributed by atoms with Crippen molar-refractivity contribution in [2.45, 2.75) is 39.8 Å². The average Bonchev–Trinajstić information content (AvgIpc) is 3.34. The van der Waals surface area contributed by atoms with Crippen LogP contribution in [-0.2, 0) is 17.8 Å². The molecule has 6 nitrogen and oxygen atoms in total. The second-order valence-electron chi connectivity index (χ2n) is 9.13. The van der Waals surface area contributed by atoms with Gasteiger partial charge in [0.25, 0.3) is 5.91 Å². The molecule has 35 heavy (non-hydrogen) atoms. The van der Waals surface area contributed by atoms with Gasteiger partial charge in [0.2, 0.25) is 5.91 Å². The molecule has 0 saturated carbocycles. The van der Waals surface area contributed by atoms with Gasteiger partial charge in [-0.1, -0.05) is 32.0 Å². The Morgan fingerprint density at radius 2 is 1.97 bits per heavy atom. The largest absolute Gasteiger partial charge is 0.486 e. The lowest BCUT2D eigenvalue weighted by Crippen LogP contribution is -2.42. The van der Waals surface area contributed by atoms with E-state index in [0.717, 1.165) is 16.7 Å². The average molecular weight is 479 g/mol. The zero-order chi connectivity index (χ0) is 25.1. The Labute approximate surface area is 205 Å². The van der Waals surface area contributed by atoms with Crippen LogP contribution in [0.2, 0.25) is 0 Å². The first kappa shape index (κ1) is 24.5. The molecule has 184 valence electrons. The third-order valence-corrected chi connectivity index (χ3v) is 6.36. The lowest BCUT2D eigenvalue weighted by Gasteiger charge is -2.39. The molecular formula is C28H31FN2O4. The van der Waals surface area contributed by atoms with Gasteiger partial charge in [-0.3, -0.25) is 9.59 Å². The molecule has 4 rings (SSSR count). The highest BCUT2D eigenvalue weighted by Crippen LogP contribution is 2.38. The molecule has 0 bridgehead atoms. The summed E-state index contributed by atoms with van der Waals surface area (Å²) in [4.78, 5) is 28.7. The van der Waals surface area contributed by atoms with E-state index in [1.807, 2.05) is 49.9 Å². The van der Waals surface area contributed by atoms with Crippen molar-refractivity contribution in [2.24, 2.45) is 5.92 Å². The van der Waals surface area contributed by atoms with E-state index in [-0.39, 0.29) is 35.9 Å². The number of ether oxygens (including phenoxy) is 1. The first-order valence-electron chi connectivity index (χ1n) is 11.9. The van der Waals surface area contributed by atoms with Gasteiger partial charge in [0.1, 0.15) is 23.9 Å². The molecule has 0 spiro atoms. The molecule has 0 fully saturated rings. The Morgan fingerprint density at radius 1 is 1.17 bits per heavy atom. The summed E-state index contributed by atoms with van der Waals surface area (Å²) in [6, 6.07) is 15.2. The normalized spacial score (nSPS) is 15.1. The van der Waals surface area contributed by atoms with E-state index in [9.17, 15) is 14.0 Å².